The first-order valence-corrected chi connectivity index (χ1v) is 3.20. The minimum Gasteiger partial charge on any atom is -0.463 e. The van der Waals surface area contributed by atoms with E-state index in [2.05, 4.69) is 12.3 Å². The van der Waals surface area contributed by atoms with Crippen molar-refractivity contribution < 1.29 is 9.53 Å². The Morgan fingerprint density at radius 1 is 1.80 bits per heavy atom. The predicted octanol–water partition coefficient (Wildman–Crippen LogP) is 1.67. The van der Waals surface area contributed by atoms with Crippen LogP contribution in [0.4, 0.5) is 0 Å². The first-order valence-electron chi connectivity index (χ1n) is 3.20. The van der Waals surface area contributed by atoms with Gasteiger partial charge in [-0.1, -0.05) is 6.58 Å². The maximum atomic E-state index is 10.7. The second-order valence-corrected chi connectivity index (χ2v) is 2.15. The summed E-state index contributed by atoms with van der Waals surface area (Å²) >= 11 is 0. The lowest BCUT2D eigenvalue weighted by molar-refractivity contribution is -0.146. The van der Waals surface area contributed by atoms with E-state index in [9.17, 15) is 4.79 Å². The summed E-state index contributed by atoms with van der Waals surface area (Å²) in [6.45, 7) is 6.95. The Morgan fingerprint density at radius 2 is 2.40 bits per heavy atom. The van der Waals surface area contributed by atoms with E-state index in [4.69, 9.17) is 4.74 Å². The molecule has 0 saturated carbocycles. The number of ether oxygens (including phenoxy) is 1. The third-order valence-electron chi connectivity index (χ3n) is 0.780. The summed E-state index contributed by atoms with van der Waals surface area (Å²) in [6.07, 6.45) is 1.78. The van der Waals surface area contributed by atoms with E-state index >= 15 is 0 Å². The Hall–Kier alpha value is -1.01. The van der Waals surface area contributed by atoms with Crippen LogP contribution in [0.2, 0.25) is 0 Å². The normalized spacial score (nSPS) is 8.70. The van der Waals surface area contributed by atoms with Gasteiger partial charge in [0.05, 0.1) is 12.5 Å². The zero-order chi connectivity index (χ0) is 7.98. The summed E-state index contributed by atoms with van der Waals surface area (Å²) in [5.41, 5.74) is 2.50. The van der Waals surface area contributed by atoms with Gasteiger partial charge in [0.25, 0.3) is 0 Å². The molecule has 0 rings (SSSR count). The number of hydrogen-bond donors (Lipinski definition) is 0. The number of carbonyl (C=O) groups is 1. The molecule has 56 valence electrons. The van der Waals surface area contributed by atoms with Gasteiger partial charge in [-0.3, -0.25) is 4.79 Å². The standard InChI is InChI=1S/C8H12O2/c1-4-5-6-8(9)10-7(2)3/h5,7H,1,6H2,2-3H3. The Morgan fingerprint density at radius 3 is 2.80 bits per heavy atom. The second-order valence-electron chi connectivity index (χ2n) is 2.15. The Bertz CT molecular complexity index is 153. The van der Waals surface area contributed by atoms with Crippen LogP contribution in [0, 0.1) is 0 Å². The molecule has 0 aliphatic carbocycles. The molecule has 0 atom stereocenters. The molecule has 0 heterocycles. The molecule has 0 N–H and O–H groups in total. The minimum absolute atomic E-state index is 0.0364. The number of hydrogen-bond acceptors (Lipinski definition) is 2. The fourth-order valence-corrected chi connectivity index (χ4v) is 0.467. The van der Waals surface area contributed by atoms with Crippen molar-refractivity contribution in [1.29, 1.82) is 0 Å². The van der Waals surface area contributed by atoms with Gasteiger partial charge in [-0.05, 0) is 19.9 Å². The maximum absolute atomic E-state index is 10.7. The van der Waals surface area contributed by atoms with Gasteiger partial charge < -0.3 is 4.74 Å². The Kier molecular flexibility index (Phi) is 4.34. The fourth-order valence-electron chi connectivity index (χ4n) is 0.467. The van der Waals surface area contributed by atoms with Gasteiger partial charge in [-0.2, -0.15) is 0 Å². The van der Waals surface area contributed by atoms with Crippen LogP contribution in [0.25, 0.3) is 0 Å². The minimum atomic E-state index is -0.230. The van der Waals surface area contributed by atoms with E-state index in [1.165, 1.54) is 0 Å². The van der Waals surface area contributed by atoms with Gasteiger partial charge >= 0.3 is 5.97 Å². The summed E-state index contributed by atoms with van der Waals surface area (Å²) in [5, 5.41) is 0. The van der Waals surface area contributed by atoms with E-state index in [0.717, 1.165) is 0 Å². The smallest absolute Gasteiger partial charge is 0.310 e. The molecular weight excluding hydrogens is 128 g/mol. The number of esters is 1. The topological polar surface area (TPSA) is 26.3 Å². The van der Waals surface area contributed by atoms with E-state index < -0.39 is 0 Å². The van der Waals surface area contributed by atoms with Crippen LogP contribution in [0.5, 0.6) is 0 Å². The second kappa shape index (κ2) is 4.83. The van der Waals surface area contributed by atoms with Crippen molar-refractivity contribution in [3.63, 3.8) is 0 Å². The lowest BCUT2D eigenvalue weighted by Crippen LogP contribution is -2.09. The summed E-state index contributed by atoms with van der Waals surface area (Å²) in [5.74, 6) is -0.230. The average molecular weight is 140 g/mol. The Labute approximate surface area is 61.2 Å². The molecule has 0 aromatic carbocycles. The van der Waals surface area contributed by atoms with Gasteiger partial charge in [0.1, 0.15) is 0 Å². The van der Waals surface area contributed by atoms with E-state index in [-0.39, 0.29) is 18.5 Å². The van der Waals surface area contributed by atoms with Crippen molar-refractivity contribution in [3.05, 3.63) is 18.4 Å². The van der Waals surface area contributed by atoms with E-state index in [0.29, 0.717) is 0 Å². The molecule has 0 saturated heterocycles. The van der Waals surface area contributed by atoms with Gasteiger partial charge in [-0.15, -0.1) is 5.73 Å². The molecule has 0 aliphatic heterocycles. The fraction of sp³-hybridized carbons (Fsp3) is 0.500. The number of rotatable bonds is 3. The highest BCUT2D eigenvalue weighted by Crippen LogP contribution is 1.92. The van der Waals surface area contributed by atoms with E-state index in [1.807, 2.05) is 13.8 Å². The molecule has 10 heavy (non-hydrogen) atoms. The molecule has 2 heteroatoms. The van der Waals surface area contributed by atoms with Crippen molar-refractivity contribution in [2.45, 2.75) is 26.4 Å². The highest BCUT2D eigenvalue weighted by atomic mass is 16.5. The zero-order valence-electron chi connectivity index (χ0n) is 6.39. The molecule has 0 aromatic heterocycles. The van der Waals surface area contributed by atoms with Crippen LogP contribution in [-0.2, 0) is 9.53 Å². The summed E-state index contributed by atoms with van der Waals surface area (Å²) in [4.78, 5) is 10.7. The van der Waals surface area contributed by atoms with Crippen molar-refractivity contribution >= 4 is 5.97 Å². The van der Waals surface area contributed by atoms with Crippen molar-refractivity contribution in [2.75, 3.05) is 0 Å². The van der Waals surface area contributed by atoms with E-state index in [1.54, 1.807) is 6.08 Å². The first kappa shape index (κ1) is 8.99. The van der Waals surface area contributed by atoms with Gasteiger partial charge in [-0.25, -0.2) is 0 Å². The molecule has 0 fully saturated rings. The lowest BCUT2D eigenvalue weighted by Gasteiger charge is -2.04. The van der Waals surface area contributed by atoms with Crippen molar-refractivity contribution in [3.8, 4) is 0 Å². The monoisotopic (exact) mass is 140 g/mol. The zero-order valence-corrected chi connectivity index (χ0v) is 6.39. The summed E-state index contributed by atoms with van der Waals surface area (Å²) in [6, 6.07) is 0. The average Bonchev–Trinajstić information content (AvgIpc) is 1.82. The van der Waals surface area contributed by atoms with Gasteiger partial charge in [0.15, 0.2) is 0 Å². The van der Waals surface area contributed by atoms with Crippen LogP contribution in [0.1, 0.15) is 20.3 Å². The van der Waals surface area contributed by atoms with Crippen LogP contribution >= 0.6 is 0 Å². The molecule has 0 bridgehead atoms. The molecule has 0 aromatic rings. The van der Waals surface area contributed by atoms with Gasteiger partial charge in [0.2, 0.25) is 0 Å². The summed E-state index contributed by atoms with van der Waals surface area (Å²) in [7, 11) is 0. The molecule has 0 spiro atoms. The third-order valence-corrected chi connectivity index (χ3v) is 0.780. The number of carbonyl (C=O) groups excluding carboxylic acids is 1. The summed E-state index contributed by atoms with van der Waals surface area (Å²) < 4.78 is 4.81. The highest BCUT2D eigenvalue weighted by Gasteiger charge is 2.00. The molecule has 0 amide bonds. The van der Waals surface area contributed by atoms with Crippen LogP contribution in [0.3, 0.4) is 0 Å². The lowest BCUT2D eigenvalue weighted by atomic mass is 10.4. The van der Waals surface area contributed by atoms with Crippen LogP contribution < -0.4 is 0 Å². The Balaban J connectivity index is 3.54. The SMILES string of the molecule is C=C=CCC(=O)OC(C)C. The van der Waals surface area contributed by atoms with Crippen molar-refractivity contribution in [1.82, 2.24) is 0 Å². The molecular formula is C8H12O2. The molecule has 2 nitrogen and oxygen atoms in total. The quantitative estimate of drug-likeness (QED) is 0.440. The molecule has 0 aliphatic rings. The largest absolute Gasteiger partial charge is 0.463 e. The highest BCUT2D eigenvalue weighted by molar-refractivity contribution is 5.71. The third kappa shape index (κ3) is 5.13. The van der Waals surface area contributed by atoms with Gasteiger partial charge in [0, 0.05) is 0 Å². The van der Waals surface area contributed by atoms with Crippen LogP contribution in [0.15, 0.2) is 18.4 Å². The molecule has 0 unspecified atom stereocenters. The first-order chi connectivity index (χ1) is 4.66. The molecule has 0 radical (unpaired) electrons. The van der Waals surface area contributed by atoms with Crippen LogP contribution in [-0.4, -0.2) is 12.1 Å². The maximum Gasteiger partial charge on any atom is 0.310 e. The van der Waals surface area contributed by atoms with Crippen molar-refractivity contribution in [2.24, 2.45) is 0 Å². The predicted molar refractivity (Wildman–Crippen MR) is 39.6 cm³/mol.